The van der Waals surface area contributed by atoms with Gasteiger partial charge in [0.2, 0.25) is 5.91 Å². The molecule has 0 bridgehead atoms. The minimum atomic E-state index is -0.211. The Morgan fingerprint density at radius 1 is 1.08 bits per heavy atom. The zero-order valence-electron chi connectivity index (χ0n) is 13.7. The molecule has 0 aliphatic heterocycles. The Morgan fingerprint density at radius 2 is 1.75 bits per heavy atom. The molecule has 2 aromatic rings. The van der Waals surface area contributed by atoms with Gasteiger partial charge in [0.15, 0.2) is 0 Å². The van der Waals surface area contributed by atoms with Crippen molar-refractivity contribution in [2.75, 3.05) is 23.3 Å². The van der Waals surface area contributed by atoms with Gasteiger partial charge in [-0.25, -0.2) is 0 Å². The highest BCUT2D eigenvalue weighted by atomic mass is 35.5. The van der Waals surface area contributed by atoms with Crippen molar-refractivity contribution in [1.29, 1.82) is 0 Å². The minimum Gasteiger partial charge on any atom is -0.372 e. The fourth-order valence-corrected chi connectivity index (χ4v) is 2.80. The average molecular weight is 363 g/mol. The summed E-state index contributed by atoms with van der Waals surface area (Å²) in [7, 11) is 0. The van der Waals surface area contributed by atoms with Crippen molar-refractivity contribution in [3.63, 3.8) is 0 Å². The first-order chi connectivity index (χ1) is 11.5. The molecule has 0 saturated heterocycles. The largest absolute Gasteiger partial charge is 0.372 e. The number of nitrogens with one attached hydrogen (secondary N) is 1. The lowest BCUT2D eigenvalue weighted by molar-refractivity contribution is -0.111. The molecule has 1 N–H and O–H groups in total. The van der Waals surface area contributed by atoms with E-state index in [1.54, 1.807) is 24.3 Å². The summed E-state index contributed by atoms with van der Waals surface area (Å²) < 4.78 is 0. The van der Waals surface area contributed by atoms with Crippen molar-refractivity contribution >= 4 is 46.6 Å². The normalized spacial score (nSPS) is 10.8. The maximum Gasteiger partial charge on any atom is 0.248 e. The molecule has 0 saturated carbocycles. The van der Waals surface area contributed by atoms with Crippen LogP contribution in [-0.4, -0.2) is 19.0 Å². The maximum atomic E-state index is 12.0. The van der Waals surface area contributed by atoms with Crippen LogP contribution < -0.4 is 10.2 Å². The molecule has 0 aliphatic carbocycles. The molecule has 126 valence electrons. The van der Waals surface area contributed by atoms with Crippen LogP contribution in [0.5, 0.6) is 0 Å². The van der Waals surface area contributed by atoms with Crippen LogP contribution in [-0.2, 0) is 4.79 Å². The van der Waals surface area contributed by atoms with E-state index in [1.807, 2.05) is 24.3 Å². The zero-order chi connectivity index (χ0) is 17.5. The summed E-state index contributed by atoms with van der Waals surface area (Å²) in [6.07, 6.45) is 3.12. The van der Waals surface area contributed by atoms with E-state index >= 15 is 0 Å². The molecule has 0 heterocycles. The van der Waals surface area contributed by atoms with Gasteiger partial charge in [0, 0.05) is 40.6 Å². The van der Waals surface area contributed by atoms with Crippen LogP contribution in [0.25, 0.3) is 6.08 Å². The first-order valence-corrected chi connectivity index (χ1v) is 8.58. The molecule has 3 nitrogen and oxygen atoms in total. The van der Waals surface area contributed by atoms with E-state index < -0.39 is 0 Å². The molecule has 24 heavy (non-hydrogen) atoms. The zero-order valence-corrected chi connectivity index (χ0v) is 15.2. The number of hydrogen-bond donors (Lipinski definition) is 1. The summed E-state index contributed by atoms with van der Waals surface area (Å²) in [6.45, 7) is 6.14. The van der Waals surface area contributed by atoms with Crippen LogP contribution in [0, 0.1) is 0 Å². The number of amides is 1. The van der Waals surface area contributed by atoms with Gasteiger partial charge in [0.05, 0.1) is 0 Å². The predicted octanol–water partition coefficient (Wildman–Crippen LogP) is 5.49. The van der Waals surface area contributed by atoms with Gasteiger partial charge in [-0.1, -0.05) is 29.3 Å². The van der Waals surface area contributed by atoms with E-state index in [1.165, 1.54) is 6.08 Å². The molecule has 0 aliphatic rings. The first kappa shape index (κ1) is 18.4. The van der Waals surface area contributed by atoms with Crippen molar-refractivity contribution < 1.29 is 4.79 Å². The van der Waals surface area contributed by atoms with Gasteiger partial charge in [0.1, 0.15) is 0 Å². The van der Waals surface area contributed by atoms with Gasteiger partial charge in [-0.2, -0.15) is 0 Å². The van der Waals surface area contributed by atoms with Gasteiger partial charge in [-0.15, -0.1) is 0 Å². The molecule has 0 radical (unpaired) electrons. The summed E-state index contributed by atoms with van der Waals surface area (Å²) in [6, 6.07) is 12.9. The Morgan fingerprint density at radius 3 is 2.33 bits per heavy atom. The van der Waals surface area contributed by atoms with Crippen LogP contribution >= 0.6 is 23.2 Å². The first-order valence-electron chi connectivity index (χ1n) is 7.82. The Kier molecular flexibility index (Phi) is 6.71. The molecule has 0 spiro atoms. The summed E-state index contributed by atoms with van der Waals surface area (Å²) >= 11 is 11.9. The second kappa shape index (κ2) is 8.76. The molecule has 0 aromatic heterocycles. The van der Waals surface area contributed by atoms with Crippen molar-refractivity contribution in [1.82, 2.24) is 0 Å². The Balaban J connectivity index is 2.00. The number of carbonyl (C=O) groups excluding carboxylic acids is 1. The fourth-order valence-electron chi connectivity index (χ4n) is 2.33. The number of nitrogens with zero attached hydrogens (tertiary/aromatic N) is 1. The second-order valence-corrected chi connectivity index (χ2v) is 6.05. The van der Waals surface area contributed by atoms with Crippen LogP contribution in [0.15, 0.2) is 48.5 Å². The number of carbonyl (C=O) groups is 1. The lowest BCUT2D eigenvalue weighted by Crippen LogP contribution is -2.21. The molecule has 2 aromatic carbocycles. The highest BCUT2D eigenvalue weighted by Gasteiger charge is 2.03. The van der Waals surface area contributed by atoms with E-state index in [-0.39, 0.29) is 5.91 Å². The smallest absolute Gasteiger partial charge is 0.248 e. The third-order valence-corrected chi connectivity index (χ3v) is 4.20. The van der Waals surface area contributed by atoms with Crippen LogP contribution in [0.4, 0.5) is 11.4 Å². The number of rotatable bonds is 6. The van der Waals surface area contributed by atoms with Crippen LogP contribution in [0.1, 0.15) is 19.4 Å². The van der Waals surface area contributed by atoms with Gasteiger partial charge in [-0.05, 0) is 61.9 Å². The van der Waals surface area contributed by atoms with Gasteiger partial charge in [0.25, 0.3) is 0 Å². The number of anilines is 2. The molecule has 2 rings (SSSR count). The Hall–Kier alpha value is -1.97. The molecular weight excluding hydrogens is 343 g/mol. The standard InChI is InChI=1S/C19H20Cl2N2O/c1-3-23(4-2)17-10-8-16(9-11-17)22-19(24)12-6-14-5-7-15(20)13-18(14)21/h5-13H,3-4H2,1-2H3,(H,22,24)/b12-6+. The van der Waals surface area contributed by atoms with Crippen molar-refractivity contribution in [3.8, 4) is 0 Å². The lowest BCUT2D eigenvalue weighted by Gasteiger charge is -2.21. The Bertz CT molecular complexity index is 723. The van der Waals surface area contributed by atoms with Crippen LogP contribution in [0.3, 0.4) is 0 Å². The lowest BCUT2D eigenvalue weighted by atomic mass is 10.2. The fraction of sp³-hybridized carbons (Fsp3) is 0.211. The Labute approximate surface area is 152 Å². The van der Waals surface area contributed by atoms with Crippen molar-refractivity contribution in [3.05, 3.63) is 64.1 Å². The second-order valence-electron chi connectivity index (χ2n) is 5.21. The number of benzene rings is 2. The summed E-state index contributed by atoms with van der Waals surface area (Å²) in [5, 5.41) is 3.91. The summed E-state index contributed by atoms with van der Waals surface area (Å²) in [5.74, 6) is -0.211. The van der Waals surface area contributed by atoms with E-state index in [0.717, 1.165) is 30.0 Å². The van der Waals surface area contributed by atoms with E-state index in [4.69, 9.17) is 23.2 Å². The third kappa shape index (κ3) is 5.02. The topological polar surface area (TPSA) is 32.3 Å². The highest BCUT2D eigenvalue weighted by molar-refractivity contribution is 6.35. The van der Waals surface area contributed by atoms with E-state index in [0.29, 0.717) is 10.0 Å². The SMILES string of the molecule is CCN(CC)c1ccc(NC(=O)/C=C/c2ccc(Cl)cc2Cl)cc1. The molecule has 5 heteroatoms. The summed E-state index contributed by atoms with van der Waals surface area (Å²) in [4.78, 5) is 14.3. The average Bonchev–Trinajstić information content (AvgIpc) is 2.56. The van der Waals surface area contributed by atoms with Gasteiger partial charge < -0.3 is 10.2 Å². The van der Waals surface area contributed by atoms with E-state index in [2.05, 4.69) is 24.1 Å². The van der Waals surface area contributed by atoms with Gasteiger partial charge >= 0.3 is 0 Å². The van der Waals surface area contributed by atoms with Gasteiger partial charge in [-0.3, -0.25) is 4.79 Å². The number of halogens is 2. The molecule has 0 unspecified atom stereocenters. The maximum absolute atomic E-state index is 12.0. The monoisotopic (exact) mass is 362 g/mol. The molecule has 0 atom stereocenters. The summed E-state index contributed by atoms with van der Waals surface area (Å²) in [5.41, 5.74) is 2.64. The number of hydrogen-bond acceptors (Lipinski definition) is 2. The molecular formula is C19H20Cl2N2O. The van der Waals surface area contributed by atoms with E-state index in [9.17, 15) is 4.79 Å². The minimum absolute atomic E-state index is 0.211. The van der Waals surface area contributed by atoms with Crippen molar-refractivity contribution in [2.24, 2.45) is 0 Å². The quantitative estimate of drug-likeness (QED) is 0.688. The third-order valence-electron chi connectivity index (χ3n) is 3.64. The predicted molar refractivity (Wildman–Crippen MR) is 104 cm³/mol. The highest BCUT2D eigenvalue weighted by Crippen LogP contribution is 2.22. The van der Waals surface area contributed by atoms with Crippen LogP contribution in [0.2, 0.25) is 10.0 Å². The molecule has 1 amide bonds. The van der Waals surface area contributed by atoms with Crippen molar-refractivity contribution in [2.45, 2.75) is 13.8 Å². The molecule has 0 fully saturated rings.